The van der Waals surface area contributed by atoms with E-state index in [-0.39, 0.29) is 4.90 Å². The molecule has 7 nitrogen and oxygen atoms in total. The normalized spacial score (nSPS) is 12.2. The number of alkyl halides is 3. The van der Waals surface area contributed by atoms with Crippen molar-refractivity contribution < 1.29 is 21.6 Å². The lowest BCUT2D eigenvalue weighted by Crippen LogP contribution is -2.05. The molecule has 32 heavy (non-hydrogen) atoms. The van der Waals surface area contributed by atoms with Crippen LogP contribution in [0.25, 0.3) is 10.3 Å². The third-order valence-corrected chi connectivity index (χ3v) is 6.39. The summed E-state index contributed by atoms with van der Waals surface area (Å²) in [5, 5.41) is 6.39. The smallest absolute Gasteiger partial charge is 0.338 e. The number of nitrogens with one attached hydrogen (secondary N) is 2. The van der Waals surface area contributed by atoms with E-state index >= 15 is 0 Å². The molecule has 2 N–H and O–H groups in total. The lowest BCUT2D eigenvalue weighted by Gasteiger charge is -2.09. The van der Waals surface area contributed by atoms with Gasteiger partial charge >= 0.3 is 6.18 Å². The summed E-state index contributed by atoms with van der Waals surface area (Å²) in [6, 6.07) is 11.0. The van der Waals surface area contributed by atoms with Crippen molar-refractivity contribution in [2.24, 2.45) is 0 Å². The molecule has 2 aromatic heterocycles. The van der Waals surface area contributed by atoms with Gasteiger partial charge in [-0.2, -0.15) is 13.2 Å². The van der Waals surface area contributed by atoms with Gasteiger partial charge in [-0.15, -0.1) is 0 Å². The Morgan fingerprint density at radius 3 is 2.28 bits per heavy atom. The number of nitrogens with zero attached hydrogens (tertiary/aromatic N) is 3. The summed E-state index contributed by atoms with van der Waals surface area (Å²) in [5.74, 6) is 0.770. The summed E-state index contributed by atoms with van der Waals surface area (Å²) >= 11 is 1.20. The van der Waals surface area contributed by atoms with Crippen LogP contribution in [-0.4, -0.2) is 29.6 Å². The Morgan fingerprint density at radius 2 is 1.62 bits per heavy atom. The molecule has 0 saturated heterocycles. The highest BCUT2D eigenvalue weighted by atomic mass is 32.2. The molecule has 0 aliphatic heterocycles. The van der Waals surface area contributed by atoms with Gasteiger partial charge < -0.3 is 10.6 Å². The minimum atomic E-state index is -4.42. The number of aryl methyl sites for hydroxylation is 1. The van der Waals surface area contributed by atoms with Crippen LogP contribution in [0, 0.1) is 6.92 Å². The van der Waals surface area contributed by atoms with Gasteiger partial charge in [0.05, 0.1) is 16.1 Å². The Morgan fingerprint density at radius 1 is 0.938 bits per heavy atom. The van der Waals surface area contributed by atoms with Gasteiger partial charge in [-0.3, -0.25) is 0 Å². The third kappa shape index (κ3) is 4.65. The lowest BCUT2D eigenvalue weighted by atomic mass is 10.2. The van der Waals surface area contributed by atoms with Crippen molar-refractivity contribution in [2.75, 3.05) is 16.9 Å². The predicted molar refractivity (Wildman–Crippen MR) is 118 cm³/mol. The largest absolute Gasteiger partial charge is 0.416 e. The zero-order valence-electron chi connectivity index (χ0n) is 16.7. The van der Waals surface area contributed by atoms with Gasteiger partial charge in [0.25, 0.3) is 0 Å². The fourth-order valence-corrected chi connectivity index (χ4v) is 4.70. The molecule has 0 aliphatic carbocycles. The number of fused-ring (bicyclic) bond motifs is 1. The summed E-state index contributed by atoms with van der Waals surface area (Å²) in [6.07, 6.45) is -3.30. The van der Waals surface area contributed by atoms with E-state index in [0.29, 0.717) is 38.5 Å². The van der Waals surface area contributed by atoms with Crippen molar-refractivity contribution >= 4 is 53.8 Å². The highest BCUT2D eigenvalue weighted by molar-refractivity contribution is 7.90. The Hall–Kier alpha value is -3.25. The fraction of sp³-hybridized carbons (Fsp3) is 0.150. The summed E-state index contributed by atoms with van der Waals surface area (Å²) in [4.78, 5) is 13.8. The van der Waals surface area contributed by atoms with Crippen LogP contribution in [0.3, 0.4) is 0 Å². The number of hydrogen-bond donors (Lipinski definition) is 2. The number of aromatic nitrogens is 3. The van der Waals surface area contributed by atoms with Gasteiger partial charge in [0.2, 0.25) is 0 Å². The molecule has 166 valence electrons. The molecule has 2 aromatic carbocycles. The molecule has 4 rings (SSSR count). The number of benzene rings is 2. The maximum atomic E-state index is 12.8. The van der Waals surface area contributed by atoms with Gasteiger partial charge in [0.1, 0.15) is 11.3 Å². The number of anilines is 4. The molecule has 2 heterocycles. The average Bonchev–Trinajstić information content (AvgIpc) is 3.09. The first kappa shape index (κ1) is 22.0. The second kappa shape index (κ2) is 8.02. The van der Waals surface area contributed by atoms with Crippen LogP contribution in [0.5, 0.6) is 0 Å². The van der Waals surface area contributed by atoms with E-state index in [2.05, 4.69) is 25.6 Å². The molecule has 0 unspecified atom stereocenters. The van der Waals surface area contributed by atoms with Crippen molar-refractivity contribution in [3.63, 3.8) is 0 Å². The van der Waals surface area contributed by atoms with E-state index in [4.69, 9.17) is 0 Å². The molecule has 0 amide bonds. The minimum Gasteiger partial charge on any atom is -0.338 e. The SMILES string of the molecule is Cc1nc(Nc2ccc(C(F)(F)F)cc2)c2nc(Nc3ccccc3S(C)(=O)=O)sc2n1. The zero-order valence-corrected chi connectivity index (χ0v) is 18.4. The highest BCUT2D eigenvalue weighted by Crippen LogP contribution is 2.34. The Bertz CT molecular complexity index is 1400. The molecule has 0 bridgehead atoms. The highest BCUT2D eigenvalue weighted by Gasteiger charge is 2.30. The maximum absolute atomic E-state index is 12.8. The first-order chi connectivity index (χ1) is 15.0. The molecule has 0 atom stereocenters. The van der Waals surface area contributed by atoms with E-state index in [1.54, 1.807) is 25.1 Å². The lowest BCUT2D eigenvalue weighted by molar-refractivity contribution is -0.137. The molecule has 0 aliphatic rings. The quantitative estimate of drug-likeness (QED) is 0.401. The molecule has 0 spiro atoms. The number of sulfone groups is 1. The van der Waals surface area contributed by atoms with E-state index < -0.39 is 21.6 Å². The second-order valence-corrected chi connectivity index (χ2v) is 9.85. The molecule has 12 heteroatoms. The molecule has 0 fully saturated rings. The van der Waals surface area contributed by atoms with Crippen molar-refractivity contribution in [3.05, 3.63) is 59.9 Å². The van der Waals surface area contributed by atoms with Crippen LogP contribution in [0.1, 0.15) is 11.4 Å². The van der Waals surface area contributed by atoms with Crippen LogP contribution in [0.4, 0.5) is 35.5 Å². The number of rotatable bonds is 5. The predicted octanol–water partition coefficient (Wildman–Crippen LogP) is 5.30. The number of thiazole rings is 1. The van der Waals surface area contributed by atoms with Gasteiger partial charge in [-0.1, -0.05) is 23.5 Å². The number of para-hydroxylation sites is 1. The standard InChI is InChI=1S/C20H16F3N5O2S2/c1-11-24-17(26-13-9-7-12(8-10-13)20(21,22)23)16-18(25-11)31-19(28-16)27-14-5-3-4-6-15(14)32(2,29)30/h3-10H,1-2H3,(H,27,28)(H,24,25,26). The molecular weight excluding hydrogens is 463 g/mol. The fourth-order valence-electron chi connectivity index (χ4n) is 2.96. The van der Waals surface area contributed by atoms with Gasteiger partial charge in [-0.25, -0.2) is 23.4 Å². The van der Waals surface area contributed by atoms with Gasteiger partial charge in [0, 0.05) is 11.9 Å². The van der Waals surface area contributed by atoms with E-state index in [0.717, 1.165) is 18.4 Å². The maximum Gasteiger partial charge on any atom is 0.416 e. The third-order valence-electron chi connectivity index (χ3n) is 4.37. The second-order valence-electron chi connectivity index (χ2n) is 6.89. The first-order valence-corrected chi connectivity index (χ1v) is 11.9. The molecule has 4 aromatic rings. The van der Waals surface area contributed by atoms with Crippen molar-refractivity contribution in [1.82, 2.24) is 15.0 Å². The van der Waals surface area contributed by atoms with Crippen molar-refractivity contribution in [1.29, 1.82) is 0 Å². The zero-order chi connectivity index (χ0) is 23.1. The topological polar surface area (TPSA) is 96.9 Å². The van der Waals surface area contributed by atoms with Gasteiger partial charge in [0.15, 0.2) is 25.6 Å². The Kier molecular flexibility index (Phi) is 5.51. The molecular formula is C20H16F3N5O2S2. The van der Waals surface area contributed by atoms with E-state index in [1.807, 2.05) is 0 Å². The minimum absolute atomic E-state index is 0.129. The summed E-state index contributed by atoms with van der Waals surface area (Å²) in [5.41, 5.74) is 0.426. The van der Waals surface area contributed by atoms with Crippen molar-refractivity contribution in [2.45, 2.75) is 18.0 Å². The Balaban J connectivity index is 1.68. The van der Waals surface area contributed by atoms with Crippen LogP contribution >= 0.6 is 11.3 Å². The van der Waals surface area contributed by atoms with Crippen LogP contribution in [0.15, 0.2) is 53.4 Å². The Labute approximate surface area is 185 Å². The summed E-state index contributed by atoms with van der Waals surface area (Å²) in [6.45, 7) is 1.68. The van der Waals surface area contributed by atoms with Crippen LogP contribution in [-0.2, 0) is 16.0 Å². The van der Waals surface area contributed by atoms with Crippen LogP contribution in [0.2, 0.25) is 0 Å². The van der Waals surface area contributed by atoms with Crippen LogP contribution < -0.4 is 10.6 Å². The summed E-state index contributed by atoms with van der Waals surface area (Å²) < 4.78 is 62.5. The van der Waals surface area contributed by atoms with Gasteiger partial charge in [-0.05, 0) is 43.3 Å². The van der Waals surface area contributed by atoms with E-state index in [9.17, 15) is 21.6 Å². The molecule has 0 radical (unpaired) electrons. The molecule has 0 saturated carbocycles. The average molecular weight is 480 g/mol. The monoisotopic (exact) mass is 479 g/mol. The van der Waals surface area contributed by atoms with Crippen molar-refractivity contribution in [3.8, 4) is 0 Å². The van der Waals surface area contributed by atoms with E-state index in [1.165, 1.54) is 29.5 Å². The number of hydrogen-bond acceptors (Lipinski definition) is 8. The summed E-state index contributed by atoms with van der Waals surface area (Å²) in [7, 11) is -3.46. The number of halogens is 3. The first-order valence-electron chi connectivity index (χ1n) is 9.16.